The van der Waals surface area contributed by atoms with Gasteiger partial charge in [0.05, 0.1) is 30.4 Å². The molecule has 0 aliphatic heterocycles. The van der Waals surface area contributed by atoms with E-state index in [0.717, 1.165) is 5.56 Å². The van der Waals surface area contributed by atoms with Crippen molar-refractivity contribution >= 4 is 0 Å². The molecule has 0 amide bonds. The van der Waals surface area contributed by atoms with Crippen molar-refractivity contribution in [1.82, 2.24) is 5.32 Å². The van der Waals surface area contributed by atoms with Crippen LogP contribution in [0.1, 0.15) is 18.1 Å². The van der Waals surface area contributed by atoms with Crippen LogP contribution in [0.3, 0.4) is 0 Å². The zero-order valence-corrected chi connectivity index (χ0v) is 9.27. The first kappa shape index (κ1) is 12.7. The molecule has 0 aliphatic rings. The molecule has 0 unspecified atom stereocenters. The van der Waals surface area contributed by atoms with E-state index in [1.165, 1.54) is 0 Å². The van der Waals surface area contributed by atoms with Crippen molar-refractivity contribution in [3.63, 3.8) is 0 Å². The Labute approximate surface area is 95.2 Å². The molecule has 86 valence electrons. The van der Waals surface area contributed by atoms with Gasteiger partial charge in [0.25, 0.3) is 0 Å². The second-order valence-corrected chi connectivity index (χ2v) is 4.00. The summed E-state index contributed by atoms with van der Waals surface area (Å²) in [6, 6.07) is 9.35. The van der Waals surface area contributed by atoms with E-state index in [1.807, 2.05) is 12.1 Å². The molecule has 0 aliphatic carbocycles. The Bertz CT molecular complexity index is 381. The number of nitrogens with zero attached hydrogens (tertiary/aromatic N) is 1. The summed E-state index contributed by atoms with van der Waals surface area (Å²) in [5.41, 5.74) is 0.745. The maximum atomic E-state index is 9.10. The molecule has 0 saturated carbocycles. The average Bonchev–Trinajstić information content (AvgIpc) is 2.36. The highest BCUT2D eigenvalue weighted by molar-refractivity contribution is 5.37. The molecule has 0 radical (unpaired) electrons. The van der Waals surface area contributed by atoms with E-state index < -0.39 is 5.54 Å². The Morgan fingerprint density at radius 1 is 1.31 bits per heavy atom. The summed E-state index contributed by atoms with van der Waals surface area (Å²) in [5, 5.41) is 30.1. The van der Waals surface area contributed by atoms with Gasteiger partial charge in [-0.3, -0.25) is 0 Å². The largest absolute Gasteiger partial charge is 0.394 e. The number of hydrogen-bond acceptors (Lipinski definition) is 4. The van der Waals surface area contributed by atoms with Gasteiger partial charge < -0.3 is 15.5 Å². The fraction of sp³-hybridized carbons (Fsp3) is 0.417. The van der Waals surface area contributed by atoms with Crippen LogP contribution >= 0.6 is 0 Å². The van der Waals surface area contributed by atoms with E-state index in [2.05, 4.69) is 11.4 Å². The molecular formula is C12H16N2O2. The van der Waals surface area contributed by atoms with Crippen molar-refractivity contribution < 1.29 is 10.2 Å². The maximum absolute atomic E-state index is 9.10. The Morgan fingerprint density at radius 3 is 2.50 bits per heavy atom. The third kappa shape index (κ3) is 3.04. The topological polar surface area (TPSA) is 76.3 Å². The van der Waals surface area contributed by atoms with E-state index in [1.54, 1.807) is 19.1 Å². The predicted molar refractivity (Wildman–Crippen MR) is 60.6 cm³/mol. The number of rotatable bonds is 5. The smallest absolute Gasteiger partial charge is 0.0995 e. The Hall–Kier alpha value is -1.41. The summed E-state index contributed by atoms with van der Waals surface area (Å²) in [7, 11) is 0. The normalized spacial score (nSPS) is 11.1. The molecule has 0 atom stereocenters. The zero-order chi connectivity index (χ0) is 12.0. The summed E-state index contributed by atoms with van der Waals surface area (Å²) in [5.74, 6) is 0. The third-order valence-corrected chi connectivity index (χ3v) is 2.54. The second kappa shape index (κ2) is 5.61. The molecule has 3 N–H and O–H groups in total. The summed E-state index contributed by atoms with van der Waals surface area (Å²) >= 11 is 0. The fourth-order valence-electron chi connectivity index (χ4n) is 1.25. The first-order valence-electron chi connectivity index (χ1n) is 5.10. The van der Waals surface area contributed by atoms with Crippen LogP contribution < -0.4 is 5.32 Å². The molecule has 0 bridgehead atoms. The summed E-state index contributed by atoms with van der Waals surface area (Å²) in [4.78, 5) is 0. The van der Waals surface area contributed by atoms with Gasteiger partial charge in [0.1, 0.15) is 0 Å². The summed E-state index contributed by atoms with van der Waals surface area (Å²) in [6.45, 7) is 1.86. The standard InChI is InChI=1S/C12H16N2O2/c1-12(8-15,9-16)14-7-11-5-3-2-4-10(11)6-13/h2-5,14-16H,7-9H2,1H3. The minimum Gasteiger partial charge on any atom is -0.394 e. The van der Waals surface area contributed by atoms with E-state index in [9.17, 15) is 0 Å². The number of benzene rings is 1. The number of nitriles is 1. The Morgan fingerprint density at radius 2 is 1.94 bits per heavy atom. The van der Waals surface area contributed by atoms with Gasteiger partial charge in [0.2, 0.25) is 0 Å². The fourth-order valence-corrected chi connectivity index (χ4v) is 1.25. The van der Waals surface area contributed by atoms with Gasteiger partial charge in [-0.25, -0.2) is 0 Å². The van der Waals surface area contributed by atoms with Crippen molar-refractivity contribution in [2.45, 2.75) is 19.0 Å². The van der Waals surface area contributed by atoms with Gasteiger partial charge in [-0.2, -0.15) is 5.26 Å². The molecule has 4 heteroatoms. The van der Waals surface area contributed by atoms with Crippen LogP contribution in [-0.2, 0) is 6.54 Å². The number of aliphatic hydroxyl groups excluding tert-OH is 2. The lowest BCUT2D eigenvalue weighted by Gasteiger charge is -2.26. The highest BCUT2D eigenvalue weighted by Crippen LogP contribution is 2.09. The minimum absolute atomic E-state index is 0.155. The van der Waals surface area contributed by atoms with Crippen molar-refractivity contribution in [3.05, 3.63) is 35.4 Å². The van der Waals surface area contributed by atoms with Crippen LogP contribution in [0.25, 0.3) is 0 Å². The Kier molecular flexibility index (Phi) is 4.44. The second-order valence-electron chi connectivity index (χ2n) is 4.00. The summed E-state index contributed by atoms with van der Waals surface area (Å²) in [6.07, 6.45) is 0. The van der Waals surface area contributed by atoms with Crippen LogP contribution in [0.15, 0.2) is 24.3 Å². The molecular weight excluding hydrogens is 204 g/mol. The zero-order valence-electron chi connectivity index (χ0n) is 9.27. The number of hydrogen-bond donors (Lipinski definition) is 3. The Balaban J connectivity index is 2.72. The van der Waals surface area contributed by atoms with Crippen molar-refractivity contribution in [1.29, 1.82) is 5.26 Å². The van der Waals surface area contributed by atoms with Gasteiger partial charge in [-0.05, 0) is 18.6 Å². The molecule has 1 rings (SSSR count). The van der Waals surface area contributed by atoms with Crippen molar-refractivity contribution in [2.75, 3.05) is 13.2 Å². The molecule has 1 aromatic carbocycles. The molecule has 4 nitrogen and oxygen atoms in total. The number of aliphatic hydroxyl groups is 2. The third-order valence-electron chi connectivity index (χ3n) is 2.54. The monoisotopic (exact) mass is 220 g/mol. The van der Waals surface area contributed by atoms with E-state index >= 15 is 0 Å². The van der Waals surface area contributed by atoms with Gasteiger partial charge in [0, 0.05) is 6.54 Å². The average molecular weight is 220 g/mol. The van der Waals surface area contributed by atoms with Crippen LogP contribution in [-0.4, -0.2) is 29.0 Å². The van der Waals surface area contributed by atoms with Crippen molar-refractivity contribution in [3.8, 4) is 6.07 Å². The predicted octanol–water partition coefficient (Wildman–Crippen LogP) is 0.391. The number of nitrogens with one attached hydrogen (secondary N) is 1. The first-order chi connectivity index (χ1) is 7.65. The lowest BCUT2D eigenvalue weighted by Crippen LogP contribution is -2.48. The van der Waals surface area contributed by atoms with E-state index in [4.69, 9.17) is 15.5 Å². The van der Waals surface area contributed by atoms with Crippen LogP contribution in [0.4, 0.5) is 0 Å². The molecule has 0 saturated heterocycles. The van der Waals surface area contributed by atoms with E-state index in [-0.39, 0.29) is 13.2 Å². The van der Waals surface area contributed by atoms with Gasteiger partial charge in [-0.15, -0.1) is 0 Å². The minimum atomic E-state index is -0.720. The van der Waals surface area contributed by atoms with Crippen molar-refractivity contribution in [2.24, 2.45) is 0 Å². The van der Waals surface area contributed by atoms with Crippen LogP contribution in [0, 0.1) is 11.3 Å². The molecule has 16 heavy (non-hydrogen) atoms. The van der Waals surface area contributed by atoms with Gasteiger partial charge >= 0.3 is 0 Å². The quantitative estimate of drug-likeness (QED) is 0.671. The SMILES string of the molecule is CC(CO)(CO)NCc1ccccc1C#N. The molecule has 0 heterocycles. The van der Waals surface area contributed by atoms with Gasteiger partial charge in [-0.1, -0.05) is 18.2 Å². The summed E-state index contributed by atoms with van der Waals surface area (Å²) < 4.78 is 0. The molecule has 1 aromatic rings. The highest BCUT2D eigenvalue weighted by Gasteiger charge is 2.21. The lowest BCUT2D eigenvalue weighted by atomic mass is 10.0. The lowest BCUT2D eigenvalue weighted by molar-refractivity contribution is 0.103. The first-order valence-corrected chi connectivity index (χ1v) is 5.10. The molecule has 0 spiro atoms. The van der Waals surface area contributed by atoms with E-state index in [0.29, 0.717) is 12.1 Å². The molecule has 0 aromatic heterocycles. The maximum Gasteiger partial charge on any atom is 0.0995 e. The van der Waals surface area contributed by atoms with Crippen LogP contribution in [0.2, 0.25) is 0 Å². The highest BCUT2D eigenvalue weighted by atomic mass is 16.3. The van der Waals surface area contributed by atoms with Crippen LogP contribution in [0.5, 0.6) is 0 Å². The van der Waals surface area contributed by atoms with Gasteiger partial charge in [0.15, 0.2) is 0 Å². The molecule has 0 fully saturated rings.